The van der Waals surface area contributed by atoms with Gasteiger partial charge in [-0.15, -0.1) is 0 Å². The quantitative estimate of drug-likeness (QED) is 0.677. The van der Waals surface area contributed by atoms with Crippen LogP contribution in [0, 0.1) is 0 Å². The highest BCUT2D eigenvalue weighted by molar-refractivity contribution is 7.87. The Balaban J connectivity index is 0. The van der Waals surface area contributed by atoms with Gasteiger partial charge in [0.25, 0.3) is 0 Å². The van der Waals surface area contributed by atoms with Gasteiger partial charge < -0.3 is 0 Å². The van der Waals surface area contributed by atoms with Gasteiger partial charge in [-0.2, -0.15) is 0 Å². The average molecular weight is 187 g/mol. The SMILES string of the molecule is C=C/C=C(\C(=C)C)S(N)=O.CC. The highest BCUT2D eigenvalue weighted by Crippen LogP contribution is 2.07. The third kappa shape index (κ3) is 6.07. The molecule has 0 radical (unpaired) electrons. The van der Waals surface area contributed by atoms with Crippen LogP contribution in [0.4, 0.5) is 0 Å². The van der Waals surface area contributed by atoms with Crippen LogP contribution in [0.1, 0.15) is 20.8 Å². The summed E-state index contributed by atoms with van der Waals surface area (Å²) in [5.41, 5.74) is 0.709. The van der Waals surface area contributed by atoms with Gasteiger partial charge in [0.15, 0.2) is 0 Å². The van der Waals surface area contributed by atoms with Gasteiger partial charge in [0.1, 0.15) is 11.0 Å². The molecule has 0 rings (SSSR count). The molecular formula is C9H17NOS. The lowest BCUT2D eigenvalue weighted by Crippen LogP contribution is -2.05. The molecule has 1 atom stereocenters. The molecule has 3 heteroatoms. The Labute approximate surface area is 77.4 Å². The standard InChI is InChI=1S/C7H11NOS.C2H6/c1-4-5-7(6(2)3)10(8)9;1-2/h4-5H,1-2,8H2,3H3;1-2H3/b7-5+;. The Hall–Kier alpha value is -0.670. The Morgan fingerprint density at radius 2 is 1.92 bits per heavy atom. The molecule has 2 nitrogen and oxygen atoms in total. The maximum atomic E-state index is 10.7. The van der Waals surface area contributed by atoms with Crippen LogP contribution in [-0.4, -0.2) is 4.21 Å². The summed E-state index contributed by atoms with van der Waals surface area (Å²) in [6.45, 7) is 12.8. The molecule has 0 aliphatic rings. The van der Waals surface area contributed by atoms with Crippen LogP contribution in [0.25, 0.3) is 0 Å². The monoisotopic (exact) mass is 187 g/mol. The zero-order valence-corrected chi connectivity index (χ0v) is 8.78. The first-order chi connectivity index (χ1) is 5.59. The van der Waals surface area contributed by atoms with Gasteiger partial charge in [0.05, 0.1) is 4.91 Å². The minimum Gasteiger partial charge on any atom is -0.248 e. The van der Waals surface area contributed by atoms with Crippen molar-refractivity contribution >= 4 is 11.0 Å². The van der Waals surface area contributed by atoms with Crippen LogP contribution >= 0.6 is 0 Å². The minimum atomic E-state index is -1.44. The Morgan fingerprint density at radius 1 is 1.50 bits per heavy atom. The van der Waals surface area contributed by atoms with E-state index in [2.05, 4.69) is 13.2 Å². The van der Waals surface area contributed by atoms with Crippen molar-refractivity contribution in [2.45, 2.75) is 20.8 Å². The number of allylic oxidation sites excluding steroid dienone is 3. The Bertz CT molecular complexity index is 191. The molecule has 0 saturated carbocycles. The van der Waals surface area contributed by atoms with Crippen LogP contribution in [0.3, 0.4) is 0 Å². The molecule has 0 spiro atoms. The van der Waals surface area contributed by atoms with E-state index in [9.17, 15) is 4.21 Å². The summed E-state index contributed by atoms with van der Waals surface area (Å²) in [7, 11) is -1.44. The number of hydrogen-bond donors (Lipinski definition) is 1. The first kappa shape index (κ1) is 13.9. The lowest BCUT2D eigenvalue weighted by molar-refractivity contribution is 0.688. The highest BCUT2D eigenvalue weighted by Gasteiger charge is 2.00. The fourth-order valence-corrected chi connectivity index (χ4v) is 1.06. The van der Waals surface area contributed by atoms with Crippen molar-refractivity contribution in [3.63, 3.8) is 0 Å². The summed E-state index contributed by atoms with van der Waals surface area (Å²) in [5.74, 6) is 0. The van der Waals surface area contributed by atoms with Gasteiger partial charge in [-0.25, -0.2) is 9.35 Å². The predicted octanol–water partition coefficient (Wildman–Crippen LogP) is 2.28. The van der Waals surface area contributed by atoms with Crippen LogP contribution in [0.5, 0.6) is 0 Å². The van der Waals surface area contributed by atoms with E-state index in [4.69, 9.17) is 5.14 Å². The second-order valence-corrected chi connectivity index (χ2v) is 2.88. The van der Waals surface area contributed by atoms with Crippen molar-refractivity contribution in [3.8, 4) is 0 Å². The smallest absolute Gasteiger partial charge is 0.122 e. The molecule has 0 saturated heterocycles. The molecule has 0 aliphatic carbocycles. The van der Waals surface area contributed by atoms with Crippen LogP contribution in [0.15, 0.2) is 35.8 Å². The molecule has 0 aromatic heterocycles. The molecule has 12 heavy (non-hydrogen) atoms. The molecule has 0 aromatic carbocycles. The van der Waals surface area contributed by atoms with Gasteiger partial charge in [-0.3, -0.25) is 0 Å². The normalized spacial score (nSPS) is 12.5. The molecular weight excluding hydrogens is 170 g/mol. The molecule has 2 N–H and O–H groups in total. The molecule has 0 heterocycles. The molecule has 0 fully saturated rings. The van der Waals surface area contributed by atoms with Gasteiger partial charge in [0, 0.05) is 0 Å². The molecule has 0 aliphatic heterocycles. The molecule has 0 aromatic rings. The van der Waals surface area contributed by atoms with E-state index in [1.54, 1.807) is 13.0 Å². The maximum absolute atomic E-state index is 10.7. The third-order valence-corrected chi connectivity index (χ3v) is 1.82. The predicted molar refractivity (Wildman–Crippen MR) is 56.8 cm³/mol. The van der Waals surface area contributed by atoms with Crippen molar-refractivity contribution in [2.24, 2.45) is 5.14 Å². The van der Waals surface area contributed by atoms with Crippen molar-refractivity contribution in [2.75, 3.05) is 0 Å². The largest absolute Gasteiger partial charge is 0.248 e. The van der Waals surface area contributed by atoms with Crippen LogP contribution in [-0.2, 0) is 11.0 Å². The van der Waals surface area contributed by atoms with Crippen molar-refractivity contribution in [1.29, 1.82) is 0 Å². The first-order valence-corrected chi connectivity index (χ1v) is 4.95. The highest BCUT2D eigenvalue weighted by atomic mass is 32.2. The van der Waals surface area contributed by atoms with Gasteiger partial charge in [-0.1, -0.05) is 33.1 Å². The van der Waals surface area contributed by atoms with Crippen LogP contribution < -0.4 is 5.14 Å². The molecule has 70 valence electrons. The third-order valence-electron chi connectivity index (χ3n) is 0.907. The average Bonchev–Trinajstić information content (AvgIpc) is 2.03. The zero-order valence-electron chi connectivity index (χ0n) is 7.96. The fraction of sp³-hybridized carbons (Fsp3) is 0.333. The van der Waals surface area contributed by atoms with E-state index in [0.717, 1.165) is 0 Å². The van der Waals surface area contributed by atoms with Gasteiger partial charge >= 0.3 is 0 Å². The fourth-order valence-electron chi connectivity index (χ4n) is 0.488. The van der Waals surface area contributed by atoms with E-state index in [-0.39, 0.29) is 0 Å². The summed E-state index contributed by atoms with van der Waals surface area (Å²) < 4.78 is 10.7. The van der Waals surface area contributed by atoms with Crippen LogP contribution in [0.2, 0.25) is 0 Å². The number of hydrogen-bond acceptors (Lipinski definition) is 1. The summed E-state index contributed by atoms with van der Waals surface area (Å²) in [6, 6.07) is 0. The molecule has 0 bridgehead atoms. The van der Waals surface area contributed by atoms with E-state index in [0.29, 0.717) is 10.5 Å². The van der Waals surface area contributed by atoms with Crippen molar-refractivity contribution in [3.05, 3.63) is 35.8 Å². The number of rotatable bonds is 3. The molecule has 1 unspecified atom stereocenters. The second-order valence-electron chi connectivity index (χ2n) is 1.84. The van der Waals surface area contributed by atoms with E-state index in [1.807, 2.05) is 13.8 Å². The van der Waals surface area contributed by atoms with Crippen molar-refractivity contribution < 1.29 is 4.21 Å². The second kappa shape index (κ2) is 8.43. The first-order valence-electron chi connectivity index (χ1n) is 3.74. The lowest BCUT2D eigenvalue weighted by atomic mass is 10.3. The lowest BCUT2D eigenvalue weighted by Gasteiger charge is -1.98. The Kier molecular flexibility index (Phi) is 9.75. The van der Waals surface area contributed by atoms with Gasteiger partial charge in [-0.05, 0) is 18.6 Å². The van der Waals surface area contributed by atoms with Gasteiger partial charge in [0.2, 0.25) is 0 Å². The number of nitrogens with two attached hydrogens (primary N) is 1. The summed E-state index contributed by atoms with van der Waals surface area (Å²) in [5, 5.41) is 5.12. The van der Waals surface area contributed by atoms with E-state index >= 15 is 0 Å². The van der Waals surface area contributed by atoms with Crippen molar-refractivity contribution in [1.82, 2.24) is 0 Å². The summed E-state index contributed by atoms with van der Waals surface area (Å²) >= 11 is 0. The van der Waals surface area contributed by atoms with E-state index in [1.165, 1.54) is 6.08 Å². The zero-order chi connectivity index (χ0) is 10.1. The maximum Gasteiger partial charge on any atom is 0.122 e. The minimum absolute atomic E-state index is 0.537. The van der Waals surface area contributed by atoms with E-state index < -0.39 is 11.0 Å². The Morgan fingerprint density at radius 3 is 2.00 bits per heavy atom. The summed E-state index contributed by atoms with van der Waals surface area (Å²) in [4.78, 5) is 0.537. The summed E-state index contributed by atoms with van der Waals surface area (Å²) in [6.07, 6.45) is 3.13. The topological polar surface area (TPSA) is 43.1 Å². The molecule has 0 amide bonds.